The van der Waals surface area contributed by atoms with Crippen LogP contribution in [-0.4, -0.2) is 25.0 Å². The van der Waals surface area contributed by atoms with Gasteiger partial charge in [0.05, 0.1) is 0 Å². The molecular weight excluding hydrogens is 398 g/mol. The van der Waals surface area contributed by atoms with Crippen LogP contribution in [0, 0.1) is 11.8 Å². The highest BCUT2D eigenvalue weighted by Gasteiger charge is 2.09. The zero-order chi connectivity index (χ0) is 24.6. The van der Waals surface area contributed by atoms with E-state index < -0.39 is 0 Å². The van der Waals surface area contributed by atoms with Crippen LogP contribution in [0.5, 0.6) is 0 Å². The minimum atomic E-state index is 0.831. The number of hydrogen-bond acceptors (Lipinski definition) is 1. The summed E-state index contributed by atoms with van der Waals surface area (Å²) in [7, 11) is 2.31. The van der Waals surface area contributed by atoms with Crippen molar-refractivity contribution < 1.29 is 0 Å². The fourth-order valence-corrected chi connectivity index (χ4v) is 5.13. The normalized spacial score (nSPS) is 13.4. The van der Waals surface area contributed by atoms with Gasteiger partial charge in [-0.15, -0.1) is 6.58 Å². The Labute approximate surface area is 210 Å². The molecule has 0 saturated heterocycles. The van der Waals surface area contributed by atoms with Gasteiger partial charge in [0.1, 0.15) is 0 Å². The SMILES string of the molecule is C=CCCCCCC(C)CN(C)CCCCCCCC(=C)CC(CC)CCCCCCCC. The third kappa shape index (κ3) is 23.0. The third-order valence-corrected chi connectivity index (χ3v) is 7.42. The molecule has 0 bridgehead atoms. The average molecular weight is 462 g/mol. The summed E-state index contributed by atoms with van der Waals surface area (Å²) >= 11 is 0. The van der Waals surface area contributed by atoms with Crippen molar-refractivity contribution >= 4 is 0 Å². The van der Waals surface area contributed by atoms with E-state index in [0.29, 0.717) is 0 Å². The van der Waals surface area contributed by atoms with Crippen LogP contribution < -0.4 is 0 Å². The van der Waals surface area contributed by atoms with E-state index in [9.17, 15) is 0 Å². The molecule has 0 aliphatic heterocycles. The molecule has 0 aromatic rings. The highest BCUT2D eigenvalue weighted by molar-refractivity contribution is 4.95. The highest BCUT2D eigenvalue weighted by atomic mass is 15.1. The van der Waals surface area contributed by atoms with E-state index >= 15 is 0 Å². The van der Waals surface area contributed by atoms with Crippen LogP contribution in [0.2, 0.25) is 0 Å². The van der Waals surface area contributed by atoms with Gasteiger partial charge in [0.25, 0.3) is 0 Å². The summed E-state index contributed by atoms with van der Waals surface area (Å²) in [6.45, 7) is 17.9. The van der Waals surface area contributed by atoms with Crippen LogP contribution in [0.4, 0.5) is 0 Å². The molecule has 0 spiro atoms. The molecule has 0 radical (unpaired) electrons. The van der Waals surface area contributed by atoms with Gasteiger partial charge in [-0.2, -0.15) is 0 Å². The molecular formula is C32H63N. The first-order chi connectivity index (χ1) is 16.0. The van der Waals surface area contributed by atoms with Gasteiger partial charge in [-0.3, -0.25) is 0 Å². The van der Waals surface area contributed by atoms with Crippen LogP contribution in [0.1, 0.15) is 149 Å². The summed E-state index contributed by atoms with van der Waals surface area (Å²) in [5.74, 6) is 1.71. The van der Waals surface area contributed by atoms with Crippen molar-refractivity contribution in [1.82, 2.24) is 4.90 Å². The van der Waals surface area contributed by atoms with Crippen LogP contribution in [0.25, 0.3) is 0 Å². The fourth-order valence-electron chi connectivity index (χ4n) is 5.13. The monoisotopic (exact) mass is 461 g/mol. The van der Waals surface area contributed by atoms with Crippen LogP contribution in [-0.2, 0) is 0 Å². The molecule has 2 atom stereocenters. The predicted octanol–water partition coefficient (Wildman–Crippen LogP) is 10.8. The van der Waals surface area contributed by atoms with Gasteiger partial charge in [0.2, 0.25) is 0 Å². The first-order valence-electron chi connectivity index (χ1n) is 15.0. The standard InChI is InChI=1S/C32H63N/c1-7-10-12-14-18-22-26-32(9-3)28-30(4)24-20-17-15-19-23-27-33(6)29-31(5)25-21-16-13-11-8-2/h8,31-32H,2,4,7,9-29H2,1,3,5-6H3. The first kappa shape index (κ1) is 32.4. The Bertz CT molecular complexity index is 426. The van der Waals surface area contributed by atoms with E-state index in [4.69, 9.17) is 0 Å². The highest BCUT2D eigenvalue weighted by Crippen LogP contribution is 2.24. The van der Waals surface area contributed by atoms with Crippen LogP contribution in [0.3, 0.4) is 0 Å². The number of nitrogens with zero attached hydrogens (tertiary/aromatic N) is 1. The zero-order valence-electron chi connectivity index (χ0n) is 23.6. The molecule has 1 nitrogen and oxygen atoms in total. The summed E-state index contributed by atoms with van der Waals surface area (Å²) in [4.78, 5) is 2.56. The Morgan fingerprint density at radius 3 is 2.09 bits per heavy atom. The smallest absolute Gasteiger partial charge is 0.000397 e. The summed E-state index contributed by atoms with van der Waals surface area (Å²) in [6, 6.07) is 0. The summed E-state index contributed by atoms with van der Waals surface area (Å²) < 4.78 is 0. The number of hydrogen-bond donors (Lipinski definition) is 0. The van der Waals surface area contributed by atoms with Crippen molar-refractivity contribution in [2.45, 2.75) is 149 Å². The second-order valence-electron chi connectivity index (χ2n) is 11.1. The van der Waals surface area contributed by atoms with Crippen LogP contribution >= 0.6 is 0 Å². The van der Waals surface area contributed by atoms with Crippen molar-refractivity contribution in [3.8, 4) is 0 Å². The van der Waals surface area contributed by atoms with Gasteiger partial charge in [-0.05, 0) is 70.4 Å². The van der Waals surface area contributed by atoms with Gasteiger partial charge in [0, 0.05) is 6.54 Å². The molecule has 0 fully saturated rings. The van der Waals surface area contributed by atoms with Gasteiger partial charge < -0.3 is 4.90 Å². The maximum atomic E-state index is 4.42. The molecule has 0 aliphatic carbocycles. The van der Waals surface area contributed by atoms with Crippen molar-refractivity contribution in [2.75, 3.05) is 20.1 Å². The summed E-state index contributed by atoms with van der Waals surface area (Å²) in [5.41, 5.74) is 1.52. The Morgan fingerprint density at radius 2 is 1.39 bits per heavy atom. The van der Waals surface area contributed by atoms with Crippen molar-refractivity contribution in [1.29, 1.82) is 0 Å². The molecule has 0 aromatic carbocycles. The molecule has 0 amide bonds. The maximum Gasteiger partial charge on any atom is 0.000397 e. The minimum Gasteiger partial charge on any atom is -0.306 e. The summed E-state index contributed by atoms with van der Waals surface area (Å²) in [5, 5.41) is 0. The molecule has 0 aliphatic rings. The molecule has 1 heteroatoms. The first-order valence-corrected chi connectivity index (χ1v) is 15.0. The summed E-state index contributed by atoms with van der Waals surface area (Å²) in [6.07, 6.45) is 29.4. The van der Waals surface area contributed by atoms with Gasteiger partial charge in [-0.1, -0.05) is 122 Å². The van der Waals surface area contributed by atoms with E-state index in [2.05, 4.69) is 45.9 Å². The largest absolute Gasteiger partial charge is 0.306 e. The van der Waals surface area contributed by atoms with E-state index in [0.717, 1.165) is 11.8 Å². The van der Waals surface area contributed by atoms with E-state index in [1.54, 1.807) is 0 Å². The molecule has 0 saturated carbocycles. The van der Waals surface area contributed by atoms with E-state index in [-0.39, 0.29) is 0 Å². The Hall–Kier alpha value is -0.560. The number of rotatable bonds is 26. The lowest BCUT2D eigenvalue weighted by Crippen LogP contribution is -2.25. The van der Waals surface area contributed by atoms with Crippen LogP contribution in [0.15, 0.2) is 24.8 Å². The Kier molecular flexibility index (Phi) is 24.1. The molecule has 2 unspecified atom stereocenters. The third-order valence-electron chi connectivity index (χ3n) is 7.42. The molecule has 0 heterocycles. The number of allylic oxidation sites excluding steroid dienone is 2. The second kappa shape index (κ2) is 24.6. The molecule has 0 N–H and O–H groups in total. The maximum absolute atomic E-state index is 4.42. The van der Waals surface area contributed by atoms with Crippen molar-refractivity contribution in [2.24, 2.45) is 11.8 Å². The Balaban J connectivity index is 3.60. The lowest BCUT2D eigenvalue weighted by Gasteiger charge is -2.21. The topological polar surface area (TPSA) is 3.24 Å². The minimum absolute atomic E-state index is 0.831. The lowest BCUT2D eigenvalue weighted by molar-refractivity contribution is 0.269. The predicted molar refractivity (Wildman–Crippen MR) is 153 cm³/mol. The van der Waals surface area contributed by atoms with Crippen molar-refractivity contribution in [3.05, 3.63) is 24.8 Å². The quantitative estimate of drug-likeness (QED) is 0.0914. The molecule has 33 heavy (non-hydrogen) atoms. The average Bonchev–Trinajstić information content (AvgIpc) is 2.79. The molecule has 196 valence electrons. The molecule has 0 aromatic heterocycles. The zero-order valence-corrected chi connectivity index (χ0v) is 23.6. The van der Waals surface area contributed by atoms with Crippen molar-refractivity contribution in [3.63, 3.8) is 0 Å². The lowest BCUT2D eigenvalue weighted by atomic mass is 9.90. The van der Waals surface area contributed by atoms with E-state index in [1.807, 2.05) is 6.08 Å². The number of unbranched alkanes of at least 4 members (excludes halogenated alkanes) is 12. The van der Waals surface area contributed by atoms with Gasteiger partial charge >= 0.3 is 0 Å². The molecule has 0 rings (SSSR count). The fraction of sp³-hybridized carbons (Fsp3) is 0.875. The second-order valence-corrected chi connectivity index (χ2v) is 11.1. The van der Waals surface area contributed by atoms with Gasteiger partial charge in [-0.25, -0.2) is 0 Å². The van der Waals surface area contributed by atoms with Gasteiger partial charge in [0.15, 0.2) is 0 Å². The van der Waals surface area contributed by atoms with E-state index in [1.165, 1.54) is 147 Å². The Morgan fingerprint density at radius 1 is 0.788 bits per heavy atom.